The van der Waals surface area contributed by atoms with Gasteiger partial charge in [-0.1, -0.05) is 0 Å². The number of rotatable bonds is 4. The molecule has 0 amide bonds. The second-order valence-corrected chi connectivity index (χ2v) is 7.23. The van der Waals surface area contributed by atoms with E-state index in [-0.39, 0.29) is 0 Å². The maximum absolute atomic E-state index is 5.66. The van der Waals surface area contributed by atoms with Crippen LogP contribution in [0.5, 0.6) is 11.8 Å². The minimum Gasteiger partial charge on any atom is -0.424 e. The van der Waals surface area contributed by atoms with Gasteiger partial charge in [-0.15, -0.1) is 0 Å². The van der Waals surface area contributed by atoms with Crippen LogP contribution >= 0.6 is 0 Å². The highest BCUT2D eigenvalue weighted by molar-refractivity contribution is 5.83. The van der Waals surface area contributed by atoms with E-state index in [0.29, 0.717) is 11.8 Å². The van der Waals surface area contributed by atoms with Crippen molar-refractivity contribution >= 4 is 16.7 Å². The zero-order chi connectivity index (χ0) is 19.6. The van der Waals surface area contributed by atoms with E-state index in [0.717, 1.165) is 48.6 Å². The number of nitrogens with zero attached hydrogens (tertiary/aromatic N) is 5. The molecule has 1 saturated heterocycles. The first-order valence-corrected chi connectivity index (χ1v) is 9.73. The molecule has 0 saturated carbocycles. The lowest BCUT2D eigenvalue weighted by Crippen LogP contribution is -2.44. The Balaban J connectivity index is 1.36. The molecule has 7 heteroatoms. The van der Waals surface area contributed by atoms with E-state index in [2.05, 4.69) is 50.0 Å². The highest BCUT2D eigenvalue weighted by Gasteiger charge is 2.15. The first kappa shape index (κ1) is 17.6. The summed E-state index contributed by atoms with van der Waals surface area (Å²) in [5.74, 6) is 1.53. The number of H-pyrrole nitrogens is 1. The van der Waals surface area contributed by atoms with Crippen LogP contribution < -0.4 is 9.64 Å². The van der Waals surface area contributed by atoms with Crippen molar-refractivity contribution in [2.24, 2.45) is 0 Å². The van der Waals surface area contributed by atoms with Crippen molar-refractivity contribution in [2.45, 2.75) is 0 Å². The number of anilines is 1. The third-order valence-corrected chi connectivity index (χ3v) is 5.21. The third-order valence-electron chi connectivity index (χ3n) is 5.21. The number of aromatic nitrogens is 4. The maximum atomic E-state index is 5.66. The van der Waals surface area contributed by atoms with Crippen LogP contribution in [0.3, 0.4) is 0 Å². The van der Waals surface area contributed by atoms with E-state index < -0.39 is 0 Å². The first-order valence-electron chi connectivity index (χ1n) is 9.73. The van der Waals surface area contributed by atoms with Crippen molar-refractivity contribution in [3.8, 4) is 23.1 Å². The fourth-order valence-corrected chi connectivity index (χ4v) is 3.52. The molecule has 0 unspecified atom stereocenters. The Labute approximate surface area is 169 Å². The number of nitrogens with one attached hydrogen (secondary N) is 1. The minimum absolute atomic E-state index is 0.334. The van der Waals surface area contributed by atoms with Crippen LogP contribution in [-0.2, 0) is 0 Å². The van der Waals surface area contributed by atoms with E-state index in [1.807, 2.05) is 24.3 Å². The number of benzene rings is 2. The van der Waals surface area contributed by atoms with E-state index in [4.69, 9.17) is 9.72 Å². The molecule has 29 heavy (non-hydrogen) atoms. The maximum Gasteiger partial charge on any atom is 0.321 e. The van der Waals surface area contributed by atoms with Crippen LogP contribution in [0.1, 0.15) is 0 Å². The highest BCUT2D eigenvalue weighted by atomic mass is 16.5. The third kappa shape index (κ3) is 3.77. The van der Waals surface area contributed by atoms with Gasteiger partial charge in [0.15, 0.2) is 0 Å². The predicted molar refractivity (Wildman–Crippen MR) is 113 cm³/mol. The van der Waals surface area contributed by atoms with Gasteiger partial charge < -0.3 is 19.5 Å². The number of piperazine rings is 1. The molecule has 1 N–H and O–H groups in total. The van der Waals surface area contributed by atoms with Gasteiger partial charge in [-0.3, -0.25) is 0 Å². The molecule has 1 aliphatic heterocycles. The SMILES string of the molecule is CN1CCN(c2ccc3nc(-c4ccc(Oc5ncccn5)cc4)[nH]c3c2)CC1. The number of fused-ring (bicyclic) bond motifs is 1. The summed E-state index contributed by atoms with van der Waals surface area (Å²) >= 11 is 0. The second kappa shape index (κ2) is 7.52. The summed E-state index contributed by atoms with van der Waals surface area (Å²) in [6.07, 6.45) is 3.31. The van der Waals surface area contributed by atoms with Gasteiger partial charge in [0.2, 0.25) is 0 Å². The van der Waals surface area contributed by atoms with Crippen LogP contribution in [0.15, 0.2) is 60.9 Å². The Kier molecular flexibility index (Phi) is 4.57. The second-order valence-electron chi connectivity index (χ2n) is 7.23. The molecule has 2 aromatic carbocycles. The largest absolute Gasteiger partial charge is 0.424 e. The molecular formula is C22H22N6O. The van der Waals surface area contributed by atoms with Gasteiger partial charge >= 0.3 is 6.01 Å². The van der Waals surface area contributed by atoms with Crippen molar-refractivity contribution in [2.75, 3.05) is 38.1 Å². The molecule has 0 spiro atoms. The summed E-state index contributed by atoms with van der Waals surface area (Å²) in [5.41, 5.74) is 4.27. The van der Waals surface area contributed by atoms with Crippen molar-refractivity contribution < 1.29 is 4.74 Å². The Morgan fingerprint density at radius 1 is 0.931 bits per heavy atom. The van der Waals surface area contributed by atoms with Crippen molar-refractivity contribution in [3.63, 3.8) is 0 Å². The summed E-state index contributed by atoms with van der Waals surface area (Å²) < 4.78 is 5.66. The standard InChI is InChI=1S/C22H22N6O/c1-27-11-13-28(14-12-27)17-5-8-19-20(15-17)26-21(25-19)16-3-6-18(7-4-16)29-22-23-9-2-10-24-22/h2-10,15H,11-14H2,1H3,(H,25,26). The van der Waals surface area contributed by atoms with Crippen LogP contribution in [0.25, 0.3) is 22.4 Å². The van der Waals surface area contributed by atoms with Crippen LogP contribution in [0, 0.1) is 0 Å². The van der Waals surface area contributed by atoms with Crippen molar-refractivity contribution in [3.05, 3.63) is 60.9 Å². The molecule has 5 rings (SSSR count). The van der Waals surface area contributed by atoms with Crippen molar-refractivity contribution in [1.29, 1.82) is 0 Å². The van der Waals surface area contributed by atoms with E-state index in [1.54, 1.807) is 18.5 Å². The topological polar surface area (TPSA) is 70.2 Å². The summed E-state index contributed by atoms with van der Waals surface area (Å²) in [4.78, 5) is 21.1. The smallest absolute Gasteiger partial charge is 0.321 e. The number of hydrogen-bond donors (Lipinski definition) is 1. The Morgan fingerprint density at radius 2 is 1.69 bits per heavy atom. The first-order chi connectivity index (χ1) is 14.2. The predicted octanol–water partition coefficient (Wildman–Crippen LogP) is 3.56. The fraction of sp³-hybridized carbons (Fsp3) is 0.227. The Morgan fingerprint density at radius 3 is 2.45 bits per heavy atom. The van der Waals surface area contributed by atoms with Crippen molar-refractivity contribution in [1.82, 2.24) is 24.8 Å². The molecule has 0 bridgehead atoms. The normalized spacial score (nSPS) is 15.0. The number of aromatic amines is 1. The molecule has 1 aliphatic rings. The van der Waals surface area contributed by atoms with Gasteiger partial charge in [0.25, 0.3) is 0 Å². The molecule has 146 valence electrons. The summed E-state index contributed by atoms with van der Waals surface area (Å²) in [6, 6.07) is 16.3. The zero-order valence-electron chi connectivity index (χ0n) is 16.2. The number of likely N-dealkylation sites (N-methyl/N-ethyl adjacent to an activating group) is 1. The summed E-state index contributed by atoms with van der Waals surface area (Å²) in [6.45, 7) is 4.29. The van der Waals surface area contributed by atoms with E-state index in [1.165, 1.54) is 5.69 Å². The van der Waals surface area contributed by atoms with Gasteiger partial charge in [-0.2, -0.15) is 0 Å². The van der Waals surface area contributed by atoms with Crippen LogP contribution in [-0.4, -0.2) is 58.1 Å². The van der Waals surface area contributed by atoms with Gasteiger partial charge in [-0.25, -0.2) is 15.0 Å². The average molecular weight is 386 g/mol. The van der Waals surface area contributed by atoms with Crippen LogP contribution in [0.2, 0.25) is 0 Å². The van der Waals surface area contributed by atoms with E-state index in [9.17, 15) is 0 Å². The lowest BCUT2D eigenvalue weighted by Gasteiger charge is -2.34. The zero-order valence-corrected chi connectivity index (χ0v) is 16.2. The molecule has 0 radical (unpaired) electrons. The lowest BCUT2D eigenvalue weighted by molar-refractivity contribution is 0.313. The molecule has 2 aromatic heterocycles. The Bertz CT molecular complexity index is 1100. The number of hydrogen-bond acceptors (Lipinski definition) is 6. The molecule has 7 nitrogen and oxygen atoms in total. The molecule has 0 aliphatic carbocycles. The fourth-order valence-electron chi connectivity index (χ4n) is 3.52. The highest BCUT2D eigenvalue weighted by Crippen LogP contribution is 2.27. The molecular weight excluding hydrogens is 364 g/mol. The lowest BCUT2D eigenvalue weighted by atomic mass is 10.2. The van der Waals surface area contributed by atoms with Gasteiger partial charge in [0, 0.05) is 49.8 Å². The van der Waals surface area contributed by atoms with Gasteiger partial charge in [-0.05, 0) is 55.6 Å². The van der Waals surface area contributed by atoms with Gasteiger partial charge in [0.1, 0.15) is 11.6 Å². The number of imidazole rings is 1. The summed E-state index contributed by atoms with van der Waals surface area (Å²) in [5, 5.41) is 0. The summed E-state index contributed by atoms with van der Waals surface area (Å²) in [7, 11) is 2.17. The molecule has 0 atom stereocenters. The number of ether oxygens (including phenoxy) is 1. The molecule has 4 aromatic rings. The Hall–Kier alpha value is -3.45. The molecule has 1 fully saturated rings. The van der Waals surface area contributed by atoms with Gasteiger partial charge in [0.05, 0.1) is 11.0 Å². The van der Waals surface area contributed by atoms with E-state index >= 15 is 0 Å². The average Bonchev–Trinajstić information content (AvgIpc) is 3.19. The van der Waals surface area contributed by atoms with Crippen LogP contribution in [0.4, 0.5) is 5.69 Å². The minimum atomic E-state index is 0.334. The quantitative estimate of drug-likeness (QED) is 0.578. The monoisotopic (exact) mass is 386 g/mol. The molecule has 3 heterocycles.